The van der Waals surface area contributed by atoms with Crippen molar-refractivity contribution in [2.45, 2.75) is 66.6 Å². The number of allylic oxidation sites excluding steroid dienone is 1. The van der Waals surface area contributed by atoms with E-state index < -0.39 is 114 Å². The van der Waals surface area contributed by atoms with Gasteiger partial charge in [-0.2, -0.15) is 0 Å². The monoisotopic (exact) mass is 594 g/mol. The molecule has 2 saturated heterocycles. The first-order valence-corrected chi connectivity index (χ1v) is 12.9. The summed E-state index contributed by atoms with van der Waals surface area (Å²) >= 11 is 0. The van der Waals surface area contributed by atoms with Crippen molar-refractivity contribution < 1.29 is 74.9 Å². The Bertz CT molecular complexity index is 1330. The standard InChI is InChI=1S/C27H30O15/c28-7-12-17(33)20(36)23-22(40-12)15-18(34)14(11(31)6-3-9-1-4-10(30)5-2-9)24(38)27(39,25(15)42-23)26-21(37)19(35)16(32)13(8-29)41-26/h1-6,12-13,16-17,19-23,26,28-30,32-37,39H,7-8H2/t12-,13+,16+,17-,19-,20-,21+,22+,23+,26+,27+/m0/s1. The molecule has 0 spiro atoms. The first-order valence-electron chi connectivity index (χ1n) is 12.9. The molecule has 2 fully saturated rings. The molecule has 42 heavy (non-hydrogen) atoms. The van der Waals surface area contributed by atoms with Crippen molar-refractivity contribution in [3.05, 3.63) is 58.6 Å². The van der Waals surface area contributed by atoms with Gasteiger partial charge in [-0.1, -0.05) is 18.2 Å². The summed E-state index contributed by atoms with van der Waals surface area (Å²) in [6.07, 6.45) is -16.0. The van der Waals surface area contributed by atoms with Gasteiger partial charge in [0.05, 0.1) is 18.8 Å². The number of aromatic hydroxyl groups is 1. The van der Waals surface area contributed by atoms with E-state index in [1.807, 2.05) is 0 Å². The molecule has 0 aromatic heterocycles. The van der Waals surface area contributed by atoms with Gasteiger partial charge in [-0.25, -0.2) is 0 Å². The van der Waals surface area contributed by atoms with E-state index in [1.54, 1.807) is 0 Å². The number of hydrogen-bond acceptors (Lipinski definition) is 15. The highest BCUT2D eigenvalue weighted by Crippen LogP contribution is 2.50. The molecule has 0 unspecified atom stereocenters. The molecular weight excluding hydrogens is 564 g/mol. The zero-order valence-corrected chi connectivity index (χ0v) is 21.7. The van der Waals surface area contributed by atoms with Gasteiger partial charge in [0.25, 0.3) is 0 Å². The third kappa shape index (κ3) is 4.55. The maximum atomic E-state index is 13.9. The highest BCUT2D eigenvalue weighted by atomic mass is 16.6. The summed E-state index contributed by atoms with van der Waals surface area (Å²) in [6, 6.07) is 5.53. The Balaban J connectivity index is 1.64. The predicted molar refractivity (Wildman–Crippen MR) is 135 cm³/mol. The number of benzene rings is 1. The molecule has 0 amide bonds. The summed E-state index contributed by atoms with van der Waals surface area (Å²) in [5.74, 6) is -4.64. The summed E-state index contributed by atoms with van der Waals surface area (Å²) in [5.41, 5.74) is -4.38. The lowest BCUT2D eigenvalue weighted by Crippen LogP contribution is -2.68. The van der Waals surface area contributed by atoms with E-state index in [0.29, 0.717) is 5.56 Å². The van der Waals surface area contributed by atoms with Gasteiger partial charge < -0.3 is 65.3 Å². The number of carbonyl (C=O) groups excluding carboxylic acids is 2. The maximum absolute atomic E-state index is 13.9. The van der Waals surface area contributed by atoms with Gasteiger partial charge in [-0.15, -0.1) is 0 Å². The average molecular weight is 595 g/mol. The Kier molecular flexibility index (Phi) is 8.01. The van der Waals surface area contributed by atoms with Crippen molar-refractivity contribution in [2.75, 3.05) is 13.2 Å². The van der Waals surface area contributed by atoms with Gasteiger partial charge in [0.15, 0.2) is 11.9 Å². The largest absolute Gasteiger partial charge is 0.508 e. The topological polar surface area (TPSA) is 264 Å². The minimum atomic E-state index is -3.22. The second-order valence-electron chi connectivity index (χ2n) is 10.4. The van der Waals surface area contributed by atoms with E-state index in [2.05, 4.69) is 0 Å². The van der Waals surface area contributed by atoms with Crippen LogP contribution in [0.5, 0.6) is 5.75 Å². The Labute approximate surface area is 237 Å². The Morgan fingerprint density at radius 1 is 0.857 bits per heavy atom. The molecule has 15 heteroatoms. The van der Waals surface area contributed by atoms with Crippen molar-refractivity contribution in [3.8, 4) is 5.75 Å². The van der Waals surface area contributed by atoms with Crippen LogP contribution in [0.3, 0.4) is 0 Å². The third-order valence-corrected chi connectivity index (χ3v) is 7.93. The van der Waals surface area contributed by atoms with Gasteiger partial charge >= 0.3 is 0 Å². The van der Waals surface area contributed by atoms with Crippen LogP contribution in [-0.2, 0) is 23.8 Å². The molecule has 228 valence electrons. The number of Topliss-reactive ketones (excluding diaryl/α,β-unsaturated/α-hetero) is 1. The summed E-state index contributed by atoms with van der Waals surface area (Å²) in [6.45, 7) is -1.73. The molecule has 10 N–H and O–H groups in total. The number of ether oxygens (including phenoxy) is 3. The van der Waals surface area contributed by atoms with Crippen molar-refractivity contribution >= 4 is 17.6 Å². The lowest BCUT2D eigenvalue weighted by molar-refractivity contribution is -0.266. The molecule has 5 rings (SSSR count). The fourth-order valence-corrected chi connectivity index (χ4v) is 5.63. The van der Waals surface area contributed by atoms with Crippen LogP contribution in [0.15, 0.2) is 53.0 Å². The van der Waals surface area contributed by atoms with Crippen LogP contribution in [0.1, 0.15) is 5.56 Å². The van der Waals surface area contributed by atoms with Crippen molar-refractivity contribution in [2.24, 2.45) is 0 Å². The lowest BCUT2D eigenvalue weighted by atomic mass is 9.73. The van der Waals surface area contributed by atoms with Gasteiger partial charge in [0.1, 0.15) is 77.8 Å². The molecular formula is C27H30O15. The van der Waals surface area contributed by atoms with Crippen LogP contribution in [0.4, 0.5) is 0 Å². The molecule has 3 aliphatic heterocycles. The van der Waals surface area contributed by atoms with E-state index >= 15 is 0 Å². The maximum Gasteiger partial charge on any atom is 0.214 e. The van der Waals surface area contributed by atoms with Gasteiger partial charge in [-0.05, 0) is 23.8 Å². The number of aliphatic hydroxyl groups excluding tert-OH is 8. The zero-order valence-electron chi connectivity index (χ0n) is 21.7. The molecule has 1 aromatic carbocycles. The molecule has 0 saturated carbocycles. The number of fused-ring (bicyclic) bond motifs is 2. The normalized spacial score (nSPS) is 40.2. The van der Waals surface area contributed by atoms with E-state index in [4.69, 9.17) is 14.2 Å². The van der Waals surface area contributed by atoms with Crippen LogP contribution in [0.2, 0.25) is 0 Å². The van der Waals surface area contributed by atoms with Crippen LogP contribution in [0, 0.1) is 0 Å². The van der Waals surface area contributed by atoms with E-state index in [9.17, 15) is 60.7 Å². The first-order chi connectivity index (χ1) is 19.9. The summed E-state index contributed by atoms with van der Waals surface area (Å²) in [7, 11) is 0. The molecule has 1 aromatic rings. The summed E-state index contributed by atoms with van der Waals surface area (Å²) in [5, 5.41) is 105. The van der Waals surface area contributed by atoms with Crippen LogP contribution < -0.4 is 0 Å². The Morgan fingerprint density at radius 3 is 2.07 bits per heavy atom. The van der Waals surface area contributed by atoms with Gasteiger partial charge in [0, 0.05) is 0 Å². The van der Waals surface area contributed by atoms with Crippen LogP contribution in [-0.4, -0.2) is 142 Å². The van der Waals surface area contributed by atoms with E-state index in [1.165, 1.54) is 30.3 Å². The minimum Gasteiger partial charge on any atom is -0.508 e. The second kappa shape index (κ2) is 11.1. The molecule has 0 radical (unpaired) electrons. The SMILES string of the molecule is O=C(C=Cc1ccc(O)cc1)C1=C(O)C2=C(O[C@@H]3[C@@H](O)[C@@H](O)[C@H](CO)O[C@H]23)[C@@](O)([C@@H]2O[C@H](CO)[C@@H](O)[C@H](O)[C@H]2O)C1=O. The first kappa shape index (κ1) is 30.2. The predicted octanol–water partition coefficient (Wildman–Crippen LogP) is -3.92. The van der Waals surface area contributed by atoms with Crippen molar-refractivity contribution in [1.29, 1.82) is 0 Å². The average Bonchev–Trinajstić information content (AvgIpc) is 3.37. The number of phenolic OH excluding ortho intramolecular Hbond substituents is 1. The molecule has 11 atom stereocenters. The van der Waals surface area contributed by atoms with E-state index in [0.717, 1.165) is 6.08 Å². The number of ketones is 2. The molecule has 0 bridgehead atoms. The van der Waals surface area contributed by atoms with Gasteiger partial charge in [0.2, 0.25) is 11.4 Å². The molecule has 4 aliphatic rings. The number of aliphatic hydroxyl groups is 9. The highest BCUT2D eigenvalue weighted by molar-refractivity contribution is 6.29. The fourth-order valence-electron chi connectivity index (χ4n) is 5.63. The quantitative estimate of drug-likeness (QED) is 0.111. The van der Waals surface area contributed by atoms with Crippen LogP contribution >= 0.6 is 0 Å². The molecule has 15 nitrogen and oxygen atoms in total. The van der Waals surface area contributed by atoms with Crippen molar-refractivity contribution in [3.63, 3.8) is 0 Å². The molecule has 3 heterocycles. The minimum absolute atomic E-state index is 0.0536. The van der Waals surface area contributed by atoms with Gasteiger partial charge in [-0.3, -0.25) is 9.59 Å². The Hall–Kier alpha value is -3.22. The number of hydrogen-bond donors (Lipinski definition) is 10. The number of rotatable bonds is 6. The lowest BCUT2D eigenvalue weighted by Gasteiger charge is -2.47. The Morgan fingerprint density at radius 2 is 1.45 bits per heavy atom. The zero-order chi connectivity index (χ0) is 30.7. The number of carbonyl (C=O) groups is 2. The molecule has 1 aliphatic carbocycles. The van der Waals surface area contributed by atoms with Crippen LogP contribution in [0.25, 0.3) is 6.08 Å². The fraction of sp³-hybridized carbons (Fsp3) is 0.481. The van der Waals surface area contributed by atoms with E-state index in [-0.39, 0.29) is 5.75 Å². The second-order valence-corrected chi connectivity index (χ2v) is 10.4. The number of phenols is 1. The van der Waals surface area contributed by atoms with Crippen molar-refractivity contribution in [1.82, 2.24) is 0 Å². The summed E-state index contributed by atoms with van der Waals surface area (Å²) in [4.78, 5) is 27.3. The summed E-state index contributed by atoms with van der Waals surface area (Å²) < 4.78 is 16.7. The third-order valence-electron chi connectivity index (χ3n) is 7.93. The smallest absolute Gasteiger partial charge is 0.214 e. The highest BCUT2D eigenvalue weighted by Gasteiger charge is 2.67.